The van der Waals surface area contributed by atoms with Crippen LogP contribution in [0.1, 0.15) is 39.3 Å². The van der Waals surface area contributed by atoms with Crippen molar-refractivity contribution in [2.75, 3.05) is 18.1 Å². The third-order valence-electron chi connectivity index (χ3n) is 6.90. The van der Waals surface area contributed by atoms with Crippen molar-refractivity contribution >= 4 is 38.9 Å². The number of fused-ring (bicyclic) bond motifs is 2. The van der Waals surface area contributed by atoms with Gasteiger partial charge in [0, 0.05) is 22.5 Å². The molecule has 0 saturated carbocycles. The van der Waals surface area contributed by atoms with E-state index in [1.807, 2.05) is 19.9 Å². The molecule has 1 atom stereocenters. The lowest BCUT2D eigenvalue weighted by Crippen LogP contribution is -2.39. The summed E-state index contributed by atoms with van der Waals surface area (Å²) >= 11 is 1.47. The summed E-state index contributed by atoms with van der Waals surface area (Å²) in [4.78, 5) is 47.4. The van der Waals surface area contributed by atoms with Crippen LogP contribution >= 0.6 is 11.3 Å². The predicted octanol–water partition coefficient (Wildman–Crippen LogP) is 5.41. The van der Waals surface area contributed by atoms with E-state index in [2.05, 4.69) is 30.6 Å². The Morgan fingerprint density at radius 1 is 1.16 bits per heavy atom. The lowest BCUT2D eigenvalue weighted by molar-refractivity contribution is -0.121. The summed E-state index contributed by atoms with van der Waals surface area (Å²) in [6.45, 7) is 11.7. The van der Waals surface area contributed by atoms with Gasteiger partial charge in [-0.3, -0.25) is 19.0 Å². The number of carbonyl (C=O) groups excluding carboxylic acids is 2. The number of benzene rings is 2. The second kappa shape index (κ2) is 9.44. The largest absolute Gasteiger partial charge is 0.482 e. The fourth-order valence-electron chi connectivity index (χ4n) is 4.69. The maximum Gasteiger partial charge on any atom is 0.265 e. The number of ether oxygens (including phenoxy) is 1. The number of hydrogen-bond acceptors (Lipinski definition) is 6. The van der Waals surface area contributed by atoms with Gasteiger partial charge in [-0.05, 0) is 62.6 Å². The highest BCUT2D eigenvalue weighted by molar-refractivity contribution is 7.19. The molecule has 1 aliphatic rings. The van der Waals surface area contributed by atoms with E-state index in [-0.39, 0.29) is 23.9 Å². The Morgan fingerprint density at radius 2 is 1.95 bits per heavy atom. The molecule has 0 N–H and O–H groups in total. The second-order valence-electron chi connectivity index (χ2n) is 9.27. The Bertz CT molecular complexity index is 1650. The van der Waals surface area contributed by atoms with Crippen LogP contribution in [0.4, 0.5) is 5.69 Å². The quantitative estimate of drug-likeness (QED) is 0.255. The monoisotopic (exact) mass is 513 g/mol. The van der Waals surface area contributed by atoms with Crippen LogP contribution in [0.2, 0.25) is 0 Å². The molecule has 5 rings (SSSR count). The van der Waals surface area contributed by atoms with Crippen LogP contribution in [0.25, 0.3) is 21.3 Å². The molecule has 3 heterocycles. The minimum Gasteiger partial charge on any atom is -0.482 e. The maximum atomic E-state index is 13.8. The summed E-state index contributed by atoms with van der Waals surface area (Å²) < 4.78 is 6.92. The summed E-state index contributed by atoms with van der Waals surface area (Å²) in [5.41, 5.74) is 4.78. The van der Waals surface area contributed by atoms with Crippen molar-refractivity contribution in [3.63, 3.8) is 0 Å². The smallest absolute Gasteiger partial charge is 0.265 e. The van der Waals surface area contributed by atoms with Crippen LogP contribution in [0.5, 0.6) is 5.75 Å². The molecule has 2 aromatic carbocycles. The molecule has 0 fully saturated rings. The van der Waals surface area contributed by atoms with Crippen LogP contribution in [-0.4, -0.2) is 34.4 Å². The summed E-state index contributed by atoms with van der Waals surface area (Å²) in [7, 11) is 0. The number of aromatic nitrogens is 2. The van der Waals surface area contributed by atoms with Crippen molar-refractivity contribution in [3.8, 4) is 16.9 Å². The van der Waals surface area contributed by atoms with E-state index in [9.17, 15) is 14.4 Å². The van der Waals surface area contributed by atoms with Crippen LogP contribution in [0.15, 0.2) is 60.2 Å². The highest BCUT2D eigenvalue weighted by Crippen LogP contribution is 2.37. The normalized spacial score (nSPS) is 13.8. The fraction of sp³-hybridized carbons (Fsp3) is 0.241. The number of amides is 1. The van der Waals surface area contributed by atoms with Gasteiger partial charge < -0.3 is 9.64 Å². The van der Waals surface area contributed by atoms with Gasteiger partial charge in [0.05, 0.1) is 23.4 Å². The Kier molecular flexibility index (Phi) is 6.29. The molecule has 7 nitrogen and oxygen atoms in total. The van der Waals surface area contributed by atoms with E-state index in [1.165, 1.54) is 32.7 Å². The van der Waals surface area contributed by atoms with Crippen molar-refractivity contribution in [1.29, 1.82) is 0 Å². The second-order valence-corrected chi connectivity index (χ2v) is 10.5. The summed E-state index contributed by atoms with van der Waals surface area (Å²) in [6, 6.07) is 10.3. The molecule has 0 spiro atoms. The number of hydrogen-bond donors (Lipinski definition) is 0. The zero-order valence-electron chi connectivity index (χ0n) is 21.2. The number of carbonyl (C=O) groups is 2. The molecule has 4 aromatic rings. The first-order valence-corrected chi connectivity index (χ1v) is 12.8. The van der Waals surface area contributed by atoms with Gasteiger partial charge in [-0.15, -0.1) is 17.9 Å². The van der Waals surface area contributed by atoms with Gasteiger partial charge >= 0.3 is 0 Å². The molecular weight excluding hydrogens is 486 g/mol. The van der Waals surface area contributed by atoms with Crippen LogP contribution < -0.4 is 15.2 Å². The average Bonchev–Trinajstić information content (AvgIpc) is 3.23. The number of aryl methyl sites for hydroxylation is 3. The van der Waals surface area contributed by atoms with Gasteiger partial charge in [-0.2, -0.15) is 0 Å². The van der Waals surface area contributed by atoms with E-state index in [1.54, 1.807) is 31.2 Å². The van der Waals surface area contributed by atoms with E-state index < -0.39 is 6.04 Å². The van der Waals surface area contributed by atoms with Gasteiger partial charge in [0.15, 0.2) is 12.4 Å². The summed E-state index contributed by atoms with van der Waals surface area (Å²) in [5.74, 6) is 0.0580. The number of ketones is 1. The first-order valence-electron chi connectivity index (χ1n) is 12.0. The number of thiophene rings is 1. The van der Waals surface area contributed by atoms with Gasteiger partial charge in [-0.25, -0.2) is 4.98 Å². The molecule has 0 radical (unpaired) electrons. The SMILES string of the molecule is C=CCN1C(=O)COc2ccc(C(=O)C(C)n3cnc4sc(C)c(-c5ccc(C)c(C)c5)c4c3=O)cc21. The van der Waals surface area contributed by atoms with E-state index >= 15 is 0 Å². The molecule has 2 aromatic heterocycles. The topological polar surface area (TPSA) is 81.5 Å². The molecule has 188 valence electrons. The first-order chi connectivity index (χ1) is 17.7. The third kappa shape index (κ3) is 4.17. The summed E-state index contributed by atoms with van der Waals surface area (Å²) in [6.07, 6.45) is 3.07. The molecule has 1 unspecified atom stereocenters. The van der Waals surface area contributed by atoms with Crippen molar-refractivity contribution in [1.82, 2.24) is 9.55 Å². The molecule has 0 saturated heterocycles. The van der Waals surface area contributed by atoms with Crippen LogP contribution in [0, 0.1) is 20.8 Å². The Hall–Kier alpha value is -4.04. The minimum absolute atomic E-state index is 0.0610. The van der Waals surface area contributed by atoms with E-state index in [0.717, 1.165) is 21.6 Å². The first kappa shape index (κ1) is 24.6. The number of anilines is 1. The maximum absolute atomic E-state index is 13.8. The molecule has 8 heteroatoms. The van der Waals surface area contributed by atoms with Crippen LogP contribution in [-0.2, 0) is 4.79 Å². The Labute approximate surface area is 218 Å². The van der Waals surface area contributed by atoms with Crippen molar-refractivity contribution in [2.45, 2.75) is 33.7 Å². The zero-order chi connectivity index (χ0) is 26.4. The fourth-order valence-corrected chi connectivity index (χ4v) is 5.69. The number of rotatable bonds is 6. The molecule has 1 aliphatic heterocycles. The molecule has 0 bridgehead atoms. The zero-order valence-corrected chi connectivity index (χ0v) is 22.0. The molecule has 1 amide bonds. The number of nitrogens with zero attached hydrogens (tertiary/aromatic N) is 3. The molecular formula is C29H27N3O4S. The molecule has 37 heavy (non-hydrogen) atoms. The lowest BCUT2D eigenvalue weighted by Gasteiger charge is -2.29. The van der Waals surface area contributed by atoms with E-state index in [4.69, 9.17) is 4.74 Å². The van der Waals surface area contributed by atoms with Gasteiger partial charge in [0.2, 0.25) is 0 Å². The van der Waals surface area contributed by atoms with Crippen molar-refractivity contribution in [2.24, 2.45) is 0 Å². The van der Waals surface area contributed by atoms with Gasteiger partial charge in [0.25, 0.3) is 11.5 Å². The Morgan fingerprint density at radius 3 is 2.68 bits per heavy atom. The third-order valence-corrected chi connectivity index (χ3v) is 7.92. The highest BCUT2D eigenvalue weighted by Gasteiger charge is 2.28. The number of Topliss-reactive ketones (excluding diaryl/α,β-unsaturated/α-hetero) is 1. The van der Waals surface area contributed by atoms with Crippen LogP contribution in [0.3, 0.4) is 0 Å². The lowest BCUT2D eigenvalue weighted by atomic mass is 9.99. The summed E-state index contributed by atoms with van der Waals surface area (Å²) in [5, 5.41) is 0.523. The highest BCUT2D eigenvalue weighted by atomic mass is 32.1. The predicted molar refractivity (Wildman–Crippen MR) is 147 cm³/mol. The minimum atomic E-state index is -0.802. The van der Waals surface area contributed by atoms with Crippen molar-refractivity contribution < 1.29 is 14.3 Å². The molecule has 0 aliphatic carbocycles. The Balaban J connectivity index is 1.57. The van der Waals surface area contributed by atoms with E-state index in [0.29, 0.717) is 33.8 Å². The standard InChI is InChI=1S/C29H27N3O4S/c1-6-11-31-22-13-21(9-10-23(22)36-14-24(31)33)27(34)18(4)32-15-30-28-26(29(32)35)25(19(5)37-28)20-8-7-16(2)17(3)12-20/h6-10,12-13,15,18H,1,11,14H2,2-5H3. The van der Waals surface area contributed by atoms with Gasteiger partial charge in [0.1, 0.15) is 10.6 Å². The van der Waals surface area contributed by atoms with Gasteiger partial charge in [-0.1, -0.05) is 24.3 Å². The average molecular weight is 514 g/mol. The van der Waals surface area contributed by atoms with Crippen molar-refractivity contribution in [3.05, 3.63) is 87.3 Å².